The Kier molecular flexibility index (Phi) is 4.82. The van der Waals surface area contributed by atoms with Gasteiger partial charge in [0.1, 0.15) is 0 Å². The SMILES string of the molecule is CCCC(C)CC(NC)c1cncn1C. The maximum absolute atomic E-state index is 4.17. The van der Waals surface area contributed by atoms with E-state index in [0.717, 1.165) is 5.92 Å². The van der Waals surface area contributed by atoms with Crippen LogP contribution in [0.5, 0.6) is 0 Å². The van der Waals surface area contributed by atoms with Gasteiger partial charge in [-0.3, -0.25) is 0 Å². The third kappa shape index (κ3) is 3.34. The average molecular weight is 209 g/mol. The fourth-order valence-corrected chi connectivity index (χ4v) is 2.10. The lowest BCUT2D eigenvalue weighted by molar-refractivity contribution is 0.396. The van der Waals surface area contributed by atoms with Crippen molar-refractivity contribution in [3.63, 3.8) is 0 Å². The van der Waals surface area contributed by atoms with Crippen LogP contribution in [0.25, 0.3) is 0 Å². The van der Waals surface area contributed by atoms with Gasteiger partial charge < -0.3 is 9.88 Å². The first kappa shape index (κ1) is 12.2. The number of rotatable bonds is 6. The molecule has 3 heteroatoms. The van der Waals surface area contributed by atoms with E-state index in [1.807, 2.05) is 19.6 Å². The first-order valence-corrected chi connectivity index (χ1v) is 5.82. The second kappa shape index (κ2) is 5.91. The zero-order valence-corrected chi connectivity index (χ0v) is 10.3. The number of nitrogens with zero attached hydrogens (tertiary/aromatic N) is 2. The first-order chi connectivity index (χ1) is 7.19. The van der Waals surface area contributed by atoms with Gasteiger partial charge in [-0.25, -0.2) is 4.98 Å². The monoisotopic (exact) mass is 209 g/mol. The summed E-state index contributed by atoms with van der Waals surface area (Å²) in [5.74, 6) is 0.766. The van der Waals surface area contributed by atoms with E-state index in [1.54, 1.807) is 0 Å². The highest BCUT2D eigenvalue weighted by atomic mass is 15.1. The third-order valence-corrected chi connectivity index (χ3v) is 2.98. The highest BCUT2D eigenvalue weighted by Crippen LogP contribution is 2.22. The van der Waals surface area contributed by atoms with Gasteiger partial charge in [-0.15, -0.1) is 0 Å². The summed E-state index contributed by atoms with van der Waals surface area (Å²) in [6, 6.07) is 0.430. The van der Waals surface area contributed by atoms with E-state index in [1.165, 1.54) is 25.0 Å². The Bertz CT molecular complexity index is 280. The van der Waals surface area contributed by atoms with Crippen LogP contribution in [0.3, 0.4) is 0 Å². The van der Waals surface area contributed by atoms with E-state index in [0.29, 0.717) is 6.04 Å². The van der Waals surface area contributed by atoms with Crippen molar-refractivity contribution in [1.82, 2.24) is 14.9 Å². The normalized spacial score (nSPS) is 15.2. The van der Waals surface area contributed by atoms with Gasteiger partial charge in [0.25, 0.3) is 0 Å². The van der Waals surface area contributed by atoms with Gasteiger partial charge in [-0.1, -0.05) is 26.7 Å². The van der Waals surface area contributed by atoms with Gasteiger partial charge in [0, 0.05) is 19.3 Å². The Morgan fingerprint density at radius 1 is 1.53 bits per heavy atom. The number of imidazole rings is 1. The van der Waals surface area contributed by atoms with E-state index < -0.39 is 0 Å². The minimum Gasteiger partial charge on any atom is -0.336 e. The summed E-state index contributed by atoms with van der Waals surface area (Å²) in [6.45, 7) is 4.57. The number of hydrogen-bond acceptors (Lipinski definition) is 2. The highest BCUT2D eigenvalue weighted by Gasteiger charge is 2.15. The summed E-state index contributed by atoms with van der Waals surface area (Å²) in [5, 5.41) is 3.37. The molecule has 0 aromatic carbocycles. The Morgan fingerprint density at radius 3 is 2.73 bits per heavy atom. The Hall–Kier alpha value is -0.830. The van der Waals surface area contributed by atoms with Crippen LogP contribution in [0.15, 0.2) is 12.5 Å². The van der Waals surface area contributed by atoms with Gasteiger partial charge in [-0.05, 0) is 19.4 Å². The lowest BCUT2D eigenvalue weighted by Crippen LogP contribution is -2.21. The van der Waals surface area contributed by atoms with Crippen LogP contribution in [0, 0.1) is 5.92 Å². The molecule has 0 aliphatic carbocycles. The number of aromatic nitrogens is 2. The predicted molar refractivity (Wildman–Crippen MR) is 63.7 cm³/mol. The molecule has 0 aliphatic rings. The first-order valence-electron chi connectivity index (χ1n) is 5.82. The molecule has 1 N–H and O–H groups in total. The average Bonchev–Trinajstić information content (AvgIpc) is 2.61. The maximum atomic E-state index is 4.17. The van der Waals surface area contributed by atoms with Gasteiger partial charge in [0.05, 0.1) is 12.0 Å². The van der Waals surface area contributed by atoms with Gasteiger partial charge >= 0.3 is 0 Å². The molecule has 0 bridgehead atoms. The molecule has 0 amide bonds. The molecule has 15 heavy (non-hydrogen) atoms. The number of aryl methyl sites for hydroxylation is 1. The van der Waals surface area contributed by atoms with Crippen LogP contribution in [-0.4, -0.2) is 16.6 Å². The molecule has 1 heterocycles. The second-order valence-corrected chi connectivity index (χ2v) is 4.40. The van der Waals surface area contributed by atoms with Crippen molar-refractivity contribution in [1.29, 1.82) is 0 Å². The third-order valence-electron chi connectivity index (χ3n) is 2.98. The van der Waals surface area contributed by atoms with Crippen molar-refractivity contribution in [3.8, 4) is 0 Å². The smallest absolute Gasteiger partial charge is 0.0946 e. The molecule has 0 saturated heterocycles. The van der Waals surface area contributed by atoms with Gasteiger partial charge in [0.2, 0.25) is 0 Å². The van der Waals surface area contributed by atoms with Gasteiger partial charge in [-0.2, -0.15) is 0 Å². The number of hydrogen-bond donors (Lipinski definition) is 1. The Morgan fingerprint density at radius 2 is 2.27 bits per heavy atom. The van der Waals surface area contributed by atoms with Crippen LogP contribution < -0.4 is 5.32 Å². The zero-order chi connectivity index (χ0) is 11.3. The summed E-state index contributed by atoms with van der Waals surface area (Å²) in [6.07, 6.45) is 7.58. The molecule has 0 aliphatic heterocycles. The minimum absolute atomic E-state index is 0.430. The fraction of sp³-hybridized carbons (Fsp3) is 0.750. The fourth-order valence-electron chi connectivity index (χ4n) is 2.10. The van der Waals surface area contributed by atoms with Crippen LogP contribution in [0.2, 0.25) is 0 Å². The maximum Gasteiger partial charge on any atom is 0.0946 e. The van der Waals surface area contributed by atoms with Gasteiger partial charge in [0.15, 0.2) is 0 Å². The van der Waals surface area contributed by atoms with Crippen molar-refractivity contribution in [2.24, 2.45) is 13.0 Å². The largest absolute Gasteiger partial charge is 0.336 e. The van der Waals surface area contributed by atoms with Crippen LogP contribution in [0.4, 0.5) is 0 Å². The van der Waals surface area contributed by atoms with Crippen molar-refractivity contribution >= 4 is 0 Å². The lowest BCUT2D eigenvalue weighted by atomic mass is 9.96. The molecule has 1 aromatic rings. The van der Waals surface area contributed by atoms with Crippen molar-refractivity contribution in [2.75, 3.05) is 7.05 Å². The summed E-state index contributed by atoms with van der Waals surface area (Å²) in [4.78, 5) is 4.17. The van der Waals surface area contributed by atoms with E-state index in [9.17, 15) is 0 Å². The summed E-state index contributed by atoms with van der Waals surface area (Å²) >= 11 is 0. The van der Waals surface area contributed by atoms with Crippen molar-refractivity contribution in [3.05, 3.63) is 18.2 Å². The Labute approximate surface area is 92.9 Å². The molecule has 1 aromatic heterocycles. The standard InChI is InChI=1S/C12H23N3/c1-5-6-10(2)7-11(13-3)12-8-14-9-15(12)4/h8-11,13H,5-7H2,1-4H3. The lowest BCUT2D eigenvalue weighted by Gasteiger charge is -2.20. The highest BCUT2D eigenvalue weighted by molar-refractivity contribution is 5.04. The molecular formula is C12H23N3. The van der Waals surface area contributed by atoms with E-state index >= 15 is 0 Å². The van der Waals surface area contributed by atoms with Crippen LogP contribution in [0.1, 0.15) is 44.8 Å². The molecule has 0 radical (unpaired) electrons. The molecular weight excluding hydrogens is 186 g/mol. The molecule has 0 spiro atoms. The molecule has 3 nitrogen and oxygen atoms in total. The summed E-state index contributed by atoms with van der Waals surface area (Å²) in [5.41, 5.74) is 1.28. The summed E-state index contributed by atoms with van der Waals surface area (Å²) in [7, 11) is 4.08. The van der Waals surface area contributed by atoms with Crippen LogP contribution >= 0.6 is 0 Å². The van der Waals surface area contributed by atoms with E-state index in [-0.39, 0.29) is 0 Å². The number of nitrogens with one attached hydrogen (secondary N) is 1. The van der Waals surface area contributed by atoms with Crippen molar-refractivity contribution in [2.45, 2.75) is 39.2 Å². The molecule has 0 saturated carbocycles. The molecule has 86 valence electrons. The van der Waals surface area contributed by atoms with Crippen LogP contribution in [-0.2, 0) is 7.05 Å². The molecule has 0 fully saturated rings. The second-order valence-electron chi connectivity index (χ2n) is 4.40. The summed E-state index contributed by atoms with van der Waals surface area (Å²) < 4.78 is 2.10. The van der Waals surface area contributed by atoms with Crippen molar-refractivity contribution < 1.29 is 0 Å². The zero-order valence-electron chi connectivity index (χ0n) is 10.3. The quantitative estimate of drug-likeness (QED) is 0.780. The van der Waals surface area contributed by atoms with E-state index in [2.05, 4.69) is 35.8 Å². The topological polar surface area (TPSA) is 29.9 Å². The molecule has 2 unspecified atom stereocenters. The minimum atomic E-state index is 0.430. The van der Waals surface area contributed by atoms with E-state index in [4.69, 9.17) is 0 Å². The molecule has 2 atom stereocenters. The molecule has 1 rings (SSSR count). The Balaban J connectivity index is 2.60. The predicted octanol–water partition coefficient (Wildman–Crippen LogP) is 2.51.